The first-order chi connectivity index (χ1) is 13.5. The first kappa shape index (κ1) is 18.3. The summed E-state index contributed by atoms with van der Waals surface area (Å²) in [5.41, 5.74) is 9.01. The first-order valence-corrected chi connectivity index (χ1v) is 9.77. The Bertz CT molecular complexity index is 1070. The van der Waals surface area contributed by atoms with E-state index in [9.17, 15) is 9.59 Å². The quantitative estimate of drug-likeness (QED) is 0.819. The van der Waals surface area contributed by atoms with Crippen LogP contribution in [0.4, 0.5) is 0 Å². The van der Waals surface area contributed by atoms with Crippen LogP contribution in [0, 0.1) is 0 Å². The van der Waals surface area contributed by atoms with Crippen molar-refractivity contribution in [3.63, 3.8) is 0 Å². The number of carbonyl (C=O) groups is 2. The van der Waals surface area contributed by atoms with E-state index < -0.39 is 0 Å². The highest BCUT2D eigenvalue weighted by Crippen LogP contribution is 2.28. The molecular weight excluding hydrogens is 350 g/mol. The van der Waals surface area contributed by atoms with Crippen molar-refractivity contribution in [3.8, 4) is 0 Å². The second-order valence-electron chi connectivity index (χ2n) is 7.67. The minimum absolute atomic E-state index is 0. The van der Waals surface area contributed by atoms with E-state index in [0.717, 1.165) is 53.4 Å². The zero-order chi connectivity index (χ0) is 19.8. The van der Waals surface area contributed by atoms with Crippen LogP contribution in [0.25, 0.3) is 16.5 Å². The fraction of sp³-hybridized carbons (Fsp3) is 0.348. The van der Waals surface area contributed by atoms with E-state index >= 15 is 0 Å². The molecule has 2 aromatic rings. The topological polar surface area (TPSA) is 56.4 Å². The van der Waals surface area contributed by atoms with Gasteiger partial charge >= 0.3 is 0 Å². The summed E-state index contributed by atoms with van der Waals surface area (Å²) in [6.45, 7) is 3.46. The van der Waals surface area contributed by atoms with Crippen LogP contribution in [-0.2, 0) is 4.79 Å². The van der Waals surface area contributed by atoms with Gasteiger partial charge in [-0.2, -0.15) is 0 Å². The Kier molecular flexibility index (Phi) is 4.70. The molecule has 1 aromatic heterocycles. The molecule has 0 spiro atoms. The lowest BCUT2D eigenvalue weighted by molar-refractivity contribution is -0.126. The van der Waals surface area contributed by atoms with Gasteiger partial charge in [0.25, 0.3) is 11.8 Å². The Hall–Kier alpha value is -3.04. The van der Waals surface area contributed by atoms with Crippen molar-refractivity contribution in [1.29, 1.82) is 0 Å². The zero-order valence-electron chi connectivity index (χ0n) is 16.6. The molecule has 0 saturated carbocycles. The molecule has 1 aliphatic heterocycles. The van der Waals surface area contributed by atoms with E-state index in [2.05, 4.69) is 35.8 Å². The number of carbonyl (C=O) groups excluding carboxylic acids is 2. The van der Waals surface area contributed by atoms with Gasteiger partial charge in [0.15, 0.2) is 0 Å². The monoisotopic (exact) mass is 377 g/mol. The molecule has 2 aliphatic rings. The van der Waals surface area contributed by atoms with Gasteiger partial charge < -0.3 is 14.8 Å². The Balaban J connectivity index is 0.00000240. The van der Waals surface area contributed by atoms with Crippen molar-refractivity contribution in [3.05, 3.63) is 58.5 Å². The number of hydrogen-bond donors (Lipinski definition) is 1. The number of nitrogens with zero attached hydrogens (tertiary/aromatic N) is 2. The number of benzene rings is 1. The third-order valence-corrected chi connectivity index (χ3v) is 5.47. The van der Waals surface area contributed by atoms with Crippen molar-refractivity contribution in [2.75, 3.05) is 27.2 Å². The van der Waals surface area contributed by atoms with Crippen LogP contribution in [0.3, 0.4) is 0 Å². The number of rotatable bonds is 4. The first-order valence-electron chi connectivity index (χ1n) is 9.77. The lowest BCUT2D eigenvalue weighted by Gasteiger charge is -2.29. The van der Waals surface area contributed by atoms with E-state index in [1.54, 1.807) is 19.0 Å². The summed E-state index contributed by atoms with van der Waals surface area (Å²) in [6.07, 6.45) is 4.81. The van der Waals surface area contributed by atoms with Crippen LogP contribution >= 0.6 is 0 Å². The molecule has 1 N–H and O–H groups in total. The third kappa shape index (κ3) is 3.30. The predicted molar refractivity (Wildman–Crippen MR) is 113 cm³/mol. The number of fused-ring (bicyclic) bond motifs is 1. The fourth-order valence-corrected chi connectivity index (χ4v) is 3.75. The molecule has 5 nitrogen and oxygen atoms in total. The van der Waals surface area contributed by atoms with E-state index in [-0.39, 0.29) is 13.2 Å². The van der Waals surface area contributed by atoms with Crippen molar-refractivity contribution >= 4 is 28.3 Å². The van der Waals surface area contributed by atoms with Gasteiger partial charge in [0, 0.05) is 45.9 Å². The summed E-state index contributed by atoms with van der Waals surface area (Å²) in [5, 5.41) is 1.01. The number of nitrogens with one attached hydrogen (secondary N) is 1. The van der Waals surface area contributed by atoms with Crippen LogP contribution in [0.1, 0.15) is 43.7 Å². The van der Waals surface area contributed by atoms with E-state index in [1.165, 1.54) is 5.57 Å². The van der Waals surface area contributed by atoms with Gasteiger partial charge in [-0.1, -0.05) is 25.1 Å². The summed E-state index contributed by atoms with van der Waals surface area (Å²) in [6, 6.07) is 8.05. The average molecular weight is 377 g/mol. The smallest absolute Gasteiger partial charge is 0.269 e. The molecule has 0 fully saturated rings. The van der Waals surface area contributed by atoms with Crippen LogP contribution in [-0.4, -0.2) is 53.8 Å². The molecule has 2 heterocycles. The molecule has 0 unspecified atom stereocenters. The summed E-state index contributed by atoms with van der Waals surface area (Å²) < 4.78 is 0. The van der Waals surface area contributed by atoms with Gasteiger partial charge in [0.05, 0.1) is 5.57 Å². The van der Waals surface area contributed by atoms with Gasteiger partial charge in [-0.25, -0.2) is 0 Å². The normalized spacial score (nSPS) is 16.2. The maximum Gasteiger partial charge on any atom is 0.269 e. The number of hydrogen-bond acceptors (Lipinski definition) is 2. The summed E-state index contributed by atoms with van der Waals surface area (Å²) >= 11 is 0. The Morgan fingerprint density at radius 3 is 2.79 bits per heavy atom. The van der Waals surface area contributed by atoms with Crippen LogP contribution < -0.4 is 0 Å². The van der Waals surface area contributed by atoms with Gasteiger partial charge in [0.2, 0.25) is 0 Å². The molecule has 1 aromatic carbocycles. The van der Waals surface area contributed by atoms with Crippen LogP contribution in [0.2, 0.25) is 0 Å². The maximum absolute atomic E-state index is 12.7. The minimum atomic E-state index is -0.0420. The Labute approximate surface area is 166 Å². The Morgan fingerprint density at radius 2 is 2.07 bits per heavy atom. The summed E-state index contributed by atoms with van der Waals surface area (Å²) in [7, 11) is 3.49. The highest BCUT2D eigenvalue weighted by atomic mass is 16.2. The van der Waals surface area contributed by atoms with Gasteiger partial charge in [-0.15, -0.1) is 5.73 Å². The molecule has 0 bridgehead atoms. The molecule has 5 heteroatoms. The SMILES string of the molecule is CCC1=C=C(C(=O)N2CCC=C(c3ccc4cc(C(=O)N(C)C)[nH]c4c3)C2)C1.[HH]. The standard InChI is InChI=1S/C23H25N3O2.H2/c1-4-15-10-19(11-15)22(27)26-9-5-6-18(14-26)16-7-8-17-13-21(23(28)25(2)3)24-20(17)12-16;/h6-8,12-13,24H,4-5,9-10,14H2,1-3H3;1H. The van der Waals surface area contributed by atoms with E-state index in [0.29, 0.717) is 12.2 Å². The van der Waals surface area contributed by atoms with E-state index in [1.807, 2.05) is 17.0 Å². The second-order valence-corrected chi connectivity index (χ2v) is 7.67. The summed E-state index contributed by atoms with van der Waals surface area (Å²) in [5.74, 6) is 0.0716. The Morgan fingerprint density at radius 1 is 1.29 bits per heavy atom. The number of H-pyrrole nitrogens is 1. The molecule has 0 saturated heterocycles. The molecule has 28 heavy (non-hydrogen) atoms. The molecule has 146 valence electrons. The molecule has 1 aliphatic carbocycles. The van der Waals surface area contributed by atoms with Crippen molar-refractivity contribution in [2.45, 2.75) is 26.2 Å². The van der Waals surface area contributed by atoms with Crippen molar-refractivity contribution < 1.29 is 11.0 Å². The largest absolute Gasteiger partial charge is 0.351 e. The predicted octanol–water partition coefficient (Wildman–Crippen LogP) is 4.00. The highest BCUT2D eigenvalue weighted by Gasteiger charge is 2.25. The van der Waals surface area contributed by atoms with Gasteiger partial charge in [-0.05, 0) is 41.7 Å². The average Bonchev–Trinajstić information content (AvgIpc) is 3.09. The molecule has 0 atom stereocenters. The van der Waals surface area contributed by atoms with Crippen LogP contribution in [0.15, 0.2) is 47.2 Å². The third-order valence-electron chi connectivity index (χ3n) is 5.47. The molecule has 4 rings (SSSR count). The molecule has 0 radical (unpaired) electrons. The second kappa shape index (κ2) is 7.17. The van der Waals surface area contributed by atoms with Gasteiger partial charge in [-0.3, -0.25) is 9.59 Å². The maximum atomic E-state index is 12.7. The number of aromatic nitrogens is 1. The molecular formula is C23H27N3O2. The number of amides is 2. The lowest BCUT2D eigenvalue weighted by atomic mass is 9.93. The van der Waals surface area contributed by atoms with E-state index in [4.69, 9.17) is 0 Å². The lowest BCUT2D eigenvalue weighted by Crippen LogP contribution is -2.37. The minimum Gasteiger partial charge on any atom is -0.351 e. The molecule has 2 amide bonds. The summed E-state index contributed by atoms with van der Waals surface area (Å²) in [4.78, 5) is 31.6. The number of aromatic amines is 1. The van der Waals surface area contributed by atoms with Crippen molar-refractivity contribution in [1.82, 2.24) is 14.8 Å². The van der Waals surface area contributed by atoms with Crippen LogP contribution in [0.5, 0.6) is 0 Å². The fourth-order valence-electron chi connectivity index (χ4n) is 3.75. The van der Waals surface area contributed by atoms with Gasteiger partial charge in [0.1, 0.15) is 5.69 Å². The van der Waals surface area contributed by atoms with Crippen molar-refractivity contribution in [2.24, 2.45) is 0 Å². The highest BCUT2D eigenvalue weighted by molar-refractivity contribution is 5.99. The zero-order valence-corrected chi connectivity index (χ0v) is 16.6.